The molecule has 2 atom stereocenters. The molecule has 2 unspecified atom stereocenters. The van der Waals surface area contributed by atoms with Crippen LogP contribution in [0.5, 0.6) is 5.75 Å². The summed E-state index contributed by atoms with van der Waals surface area (Å²) >= 11 is 0. The second-order valence-electron chi connectivity index (χ2n) is 3.91. The van der Waals surface area contributed by atoms with Gasteiger partial charge in [-0.15, -0.1) is 0 Å². The highest BCUT2D eigenvalue weighted by Crippen LogP contribution is 2.26. The number of aliphatic hydroxyl groups excluding tert-OH is 2. The quantitative estimate of drug-likeness (QED) is 0.646. The number of esters is 1. The van der Waals surface area contributed by atoms with Gasteiger partial charge in [0.25, 0.3) is 0 Å². The van der Waals surface area contributed by atoms with Crippen LogP contribution < -0.4 is 4.74 Å². The van der Waals surface area contributed by atoms with Crippen molar-refractivity contribution in [2.45, 2.75) is 19.1 Å². The second kappa shape index (κ2) is 6.88. The summed E-state index contributed by atoms with van der Waals surface area (Å²) in [7, 11) is 1.28. The third-order valence-corrected chi connectivity index (χ3v) is 2.62. The molecule has 110 valence electrons. The fraction of sp³-hybridized carbons (Fsp3) is 0.385. The van der Waals surface area contributed by atoms with E-state index in [4.69, 9.17) is 9.84 Å². The molecular weight excluding hydrogens is 268 g/mol. The van der Waals surface area contributed by atoms with Gasteiger partial charge in [-0.05, 0) is 24.6 Å². The molecule has 1 aromatic rings. The molecule has 0 aliphatic heterocycles. The predicted octanol–water partition coefficient (Wildman–Crippen LogP) is 0.351. The maximum Gasteiger partial charge on any atom is 0.339 e. The Labute approximate surface area is 115 Å². The summed E-state index contributed by atoms with van der Waals surface area (Å²) in [4.78, 5) is 22.3. The molecule has 0 aliphatic rings. The number of hydrogen-bond donors (Lipinski definition) is 3. The van der Waals surface area contributed by atoms with Gasteiger partial charge in [-0.2, -0.15) is 0 Å². The lowest BCUT2D eigenvalue weighted by Crippen LogP contribution is -2.30. The summed E-state index contributed by atoms with van der Waals surface area (Å²) in [5.74, 6) is -2.12. The van der Waals surface area contributed by atoms with E-state index in [1.54, 1.807) is 6.92 Å². The topological polar surface area (TPSA) is 113 Å². The van der Waals surface area contributed by atoms with Crippen LogP contribution in [0.2, 0.25) is 0 Å². The minimum Gasteiger partial charge on any atom is -0.496 e. The van der Waals surface area contributed by atoms with Crippen LogP contribution in [0.4, 0.5) is 0 Å². The van der Waals surface area contributed by atoms with E-state index in [-0.39, 0.29) is 23.5 Å². The van der Waals surface area contributed by atoms with Crippen molar-refractivity contribution >= 4 is 11.9 Å². The van der Waals surface area contributed by atoms with Gasteiger partial charge in [0.2, 0.25) is 0 Å². The van der Waals surface area contributed by atoms with E-state index >= 15 is 0 Å². The van der Waals surface area contributed by atoms with Crippen LogP contribution in [0.3, 0.4) is 0 Å². The maximum absolute atomic E-state index is 11.3. The maximum atomic E-state index is 11.3. The van der Waals surface area contributed by atoms with Gasteiger partial charge in [0, 0.05) is 0 Å². The molecular formula is C13H16O7. The number of carbonyl (C=O) groups excluding carboxylic acids is 1. The van der Waals surface area contributed by atoms with E-state index in [1.165, 1.54) is 25.3 Å². The molecule has 0 heterocycles. The average molecular weight is 284 g/mol. The largest absolute Gasteiger partial charge is 0.496 e. The molecule has 0 fully saturated rings. The summed E-state index contributed by atoms with van der Waals surface area (Å²) < 4.78 is 9.49. The summed E-state index contributed by atoms with van der Waals surface area (Å²) in [5.41, 5.74) is 0.0569. The van der Waals surface area contributed by atoms with Gasteiger partial charge in [0.05, 0.1) is 13.7 Å². The standard InChI is InChI=1S/C13H16O7/c1-3-20-13(18)11(15)10(14)7-4-5-8(12(16)17)9(6-7)19-2/h4-6,10-11,14-15H,3H2,1-2H3,(H,16,17). The van der Waals surface area contributed by atoms with Gasteiger partial charge >= 0.3 is 11.9 Å². The highest BCUT2D eigenvalue weighted by Gasteiger charge is 2.28. The molecule has 0 spiro atoms. The SMILES string of the molecule is CCOC(=O)C(O)C(O)c1ccc(C(=O)O)c(OC)c1. The minimum absolute atomic E-state index is 0.0186. The van der Waals surface area contributed by atoms with Gasteiger partial charge in [-0.1, -0.05) is 6.07 Å². The molecule has 0 radical (unpaired) electrons. The lowest BCUT2D eigenvalue weighted by atomic mass is 10.0. The number of carboxylic acids is 1. The number of ether oxygens (including phenoxy) is 2. The minimum atomic E-state index is -1.75. The number of carboxylic acid groups (broad SMARTS) is 1. The van der Waals surface area contributed by atoms with Crippen LogP contribution in [0.15, 0.2) is 18.2 Å². The predicted molar refractivity (Wildman–Crippen MR) is 67.6 cm³/mol. The summed E-state index contributed by atoms with van der Waals surface area (Å²) in [5, 5.41) is 28.4. The van der Waals surface area contributed by atoms with Crippen molar-refractivity contribution < 1.29 is 34.4 Å². The fourth-order valence-corrected chi connectivity index (χ4v) is 1.61. The highest BCUT2D eigenvalue weighted by molar-refractivity contribution is 5.91. The first-order valence-electron chi connectivity index (χ1n) is 5.86. The summed E-state index contributed by atoms with van der Waals surface area (Å²) in [6.07, 6.45) is -3.29. The van der Waals surface area contributed by atoms with Gasteiger partial charge in [-0.3, -0.25) is 0 Å². The highest BCUT2D eigenvalue weighted by atomic mass is 16.5. The van der Waals surface area contributed by atoms with Gasteiger partial charge in [0.15, 0.2) is 6.10 Å². The Morgan fingerprint density at radius 2 is 1.95 bits per heavy atom. The average Bonchev–Trinajstić information content (AvgIpc) is 2.44. The Kier molecular flexibility index (Phi) is 5.48. The van der Waals surface area contributed by atoms with E-state index in [2.05, 4.69) is 4.74 Å². The molecule has 0 saturated carbocycles. The van der Waals surface area contributed by atoms with Crippen molar-refractivity contribution in [3.63, 3.8) is 0 Å². The Morgan fingerprint density at radius 1 is 1.30 bits per heavy atom. The molecule has 1 rings (SSSR count). The number of methoxy groups -OCH3 is 1. The van der Waals surface area contributed by atoms with Crippen molar-refractivity contribution in [1.82, 2.24) is 0 Å². The molecule has 0 amide bonds. The smallest absolute Gasteiger partial charge is 0.339 e. The molecule has 0 bridgehead atoms. The Bertz CT molecular complexity index is 497. The Balaban J connectivity index is 3.02. The molecule has 7 heteroatoms. The number of carbonyl (C=O) groups is 2. The van der Waals surface area contributed by atoms with Crippen LogP contribution in [-0.4, -0.2) is 47.1 Å². The van der Waals surface area contributed by atoms with Crippen molar-refractivity contribution in [2.24, 2.45) is 0 Å². The molecule has 20 heavy (non-hydrogen) atoms. The number of benzene rings is 1. The lowest BCUT2D eigenvalue weighted by molar-refractivity contribution is -0.159. The first-order chi connectivity index (χ1) is 9.42. The van der Waals surface area contributed by atoms with E-state index in [1.807, 2.05) is 0 Å². The third-order valence-electron chi connectivity index (χ3n) is 2.62. The number of rotatable bonds is 6. The number of hydrogen-bond acceptors (Lipinski definition) is 6. The van der Waals surface area contributed by atoms with Crippen molar-refractivity contribution in [2.75, 3.05) is 13.7 Å². The molecule has 0 aliphatic carbocycles. The van der Waals surface area contributed by atoms with E-state index in [0.717, 1.165) is 0 Å². The first-order valence-corrected chi connectivity index (χ1v) is 5.86. The normalized spacial score (nSPS) is 13.4. The van der Waals surface area contributed by atoms with Crippen LogP contribution in [0.1, 0.15) is 28.9 Å². The third kappa shape index (κ3) is 3.46. The zero-order valence-electron chi connectivity index (χ0n) is 11.1. The van der Waals surface area contributed by atoms with Crippen molar-refractivity contribution in [3.05, 3.63) is 29.3 Å². The van der Waals surface area contributed by atoms with Gasteiger partial charge in [0.1, 0.15) is 17.4 Å². The molecule has 0 aromatic heterocycles. The Morgan fingerprint density at radius 3 is 2.45 bits per heavy atom. The van der Waals surface area contributed by atoms with Crippen molar-refractivity contribution in [1.29, 1.82) is 0 Å². The zero-order valence-corrected chi connectivity index (χ0v) is 11.1. The van der Waals surface area contributed by atoms with Gasteiger partial charge in [-0.25, -0.2) is 9.59 Å². The number of aliphatic hydroxyl groups is 2. The van der Waals surface area contributed by atoms with Crippen LogP contribution in [0.25, 0.3) is 0 Å². The molecule has 1 aromatic carbocycles. The van der Waals surface area contributed by atoms with E-state index in [0.29, 0.717) is 0 Å². The molecule has 7 nitrogen and oxygen atoms in total. The molecule has 0 saturated heterocycles. The Hall–Kier alpha value is -2.12. The second-order valence-corrected chi connectivity index (χ2v) is 3.91. The first kappa shape index (κ1) is 15.9. The molecule has 3 N–H and O–H groups in total. The van der Waals surface area contributed by atoms with E-state index < -0.39 is 24.1 Å². The number of aromatic carboxylic acids is 1. The van der Waals surface area contributed by atoms with Crippen LogP contribution in [0, 0.1) is 0 Å². The lowest BCUT2D eigenvalue weighted by Gasteiger charge is -2.17. The zero-order chi connectivity index (χ0) is 15.3. The monoisotopic (exact) mass is 284 g/mol. The van der Waals surface area contributed by atoms with Gasteiger partial charge < -0.3 is 24.8 Å². The van der Waals surface area contributed by atoms with Crippen LogP contribution >= 0.6 is 0 Å². The van der Waals surface area contributed by atoms with Crippen LogP contribution in [-0.2, 0) is 9.53 Å². The fourth-order valence-electron chi connectivity index (χ4n) is 1.61. The summed E-state index contributed by atoms with van der Waals surface area (Å²) in [6, 6.07) is 3.76. The summed E-state index contributed by atoms with van der Waals surface area (Å²) in [6.45, 7) is 1.64. The van der Waals surface area contributed by atoms with Crippen molar-refractivity contribution in [3.8, 4) is 5.75 Å². The van der Waals surface area contributed by atoms with E-state index in [9.17, 15) is 19.8 Å².